The second-order valence-corrected chi connectivity index (χ2v) is 5.97. The number of hydrogen-bond acceptors (Lipinski definition) is 3. The maximum absolute atomic E-state index is 13.4. The van der Waals surface area contributed by atoms with E-state index in [2.05, 4.69) is 0 Å². The van der Waals surface area contributed by atoms with E-state index >= 15 is 0 Å². The van der Waals surface area contributed by atoms with Gasteiger partial charge in [0.05, 0.1) is 6.10 Å². The first kappa shape index (κ1) is 18.3. The number of aryl methyl sites for hydroxylation is 1. The van der Waals surface area contributed by atoms with Crippen molar-refractivity contribution in [1.82, 2.24) is 10.2 Å². The topological polar surface area (TPSA) is 69.6 Å². The van der Waals surface area contributed by atoms with Crippen LogP contribution in [0.1, 0.15) is 30.5 Å². The van der Waals surface area contributed by atoms with E-state index in [0.717, 1.165) is 4.90 Å². The van der Waals surface area contributed by atoms with Crippen LogP contribution in [0.3, 0.4) is 0 Å². The van der Waals surface area contributed by atoms with Crippen LogP contribution in [0, 0.1) is 6.92 Å². The Kier molecular flexibility index (Phi) is 5.17. The van der Waals surface area contributed by atoms with Crippen LogP contribution in [-0.2, 0) is 9.59 Å². The zero-order valence-electron chi connectivity index (χ0n) is 13.3. The molecule has 3 atom stereocenters. The minimum Gasteiger partial charge on any atom is -0.391 e. The molecule has 0 aliphatic carbocycles. The average Bonchev–Trinajstić information content (AvgIpc) is 2.85. The molecule has 0 bridgehead atoms. The van der Waals surface area contributed by atoms with Gasteiger partial charge in [-0.2, -0.15) is 13.2 Å². The third kappa shape index (κ3) is 4.05. The number of nitrogens with one attached hydrogen (secondary N) is 1. The number of carbonyl (C=O) groups excluding carboxylic acids is 2. The molecule has 132 valence electrons. The number of halogens is 3. The van der Waals surface area contributed by atoms with Crippen LogP contribution < -0.4 is 5.32 Å². The molecule has 2 amide bonds. The lowest BCUT2D eigenvalue weighted by molar-refractivity contribution is -0.165. The molecule has 1 saturated heterocycles. The molecule has 0 aromatic heterocycles. The summed E-state index contributed by atoms with van der Waals surface area (Å²) in [6.07, 6.45) is -5.68. The van der Waals surface area contributed by atoms with Gasteiger partial charge < -0.3 is 15.3 Å². The van der Waals surface area contributed by atoms with Crippen molar-refractivity contribution < 1.29 is 27.9 Å². The predicted octanol–water partition coefficient (Wildman–Crippen LogP) is 1.70. The summed E-state index contributed by atoms with van der Waals surface area (Å²) < 4.78 is 40.1. The Bertz CT molecular complexity index is 633. The molecule has 5 nitrogen and oxygen atoms in total. The van der Waals surface area contributed by atoms with Crippen molar-refractivity contribution in [3.8, 4) is 0 Å². The summed E-state index contributed by atoms with van der Waals surface area (Å²) in [7, 11) is 0. The van der Waals surface area contributed by atoms with Crippen LogP contribution >= 0.6 is 0 Å². The van der Waals surface area contributed by atoms with E-state index in [-0.39, 0.29) is 18.5 Å². The van der Waals surface area contributed by atoms with Gasteiger partial charge in [-0.1, -0.05) is 29.8 Å². The van der Waals surface area contributed by atoms with Gasteiger partial charge in [-0.3, -0.25) is 9.59 Å². The first-order valence-corrected chi connectivity index (χ1v) is 7.48. The zero-order chi connectivity index (χ0) is 18.1. The Labute approximate surface area is 137 Å². The summed E-state index contributed by atoms with van der Waals surface area (Å²) >= 11 is 0. The summed E-state index contributed by atoms with van der Waals surface area (Å²) in [5.74, 6) is -1.39. The van der Waals surface area contributed by atoms with Crippen LogP contribution in [0.25, 0.3) is 0 Å². The van der Waals surface area contributed by atoms with Gasteiger partial charge in [0, 0.05) is 19.9 Å². The monoisotopic (exact) mass is 344 g/mol. The first-order valence-electron chi connectivity index (χ1n) is 7.48. The Balaban J connectivity index is 2.24. The molecule has 0 saturated carbocycles. The van der Waals surface area contributed by atoms with Crippen molar-refractivity contribution in [3.05, 3.63) is 35.4 Å². The number of benzene rings is 1. The van der Waals surface area contributed by atoms with Gasteiger partial charge in [0.15, 0.2) is 6.04 Å². The molecule has 2 rings (SSSR count). The lowest BCUT2D eigenvalue weighted by Crippen LogP contribution is -2.48. The number of hydrogen-bond donors (Lipinski definition) is 2. The second kappa shape index (κ2) is 6.80. The van der Waals surface area contributed by atoms with Gasteiger partial charge in [0.25, 0.3) is 0 Å². The van der Waals surface area contributed by atoms with E-state index in [4.69, 9.17) is 0 Å². The molecule has 2 N–H and O–H groups in total. The molecule has 0 unspecified atom stereocenters. The highest BCUT2D eigenvalue weighted by atomic mass is 19.4. The van der Waals surface area contributed by atoms with Crippen molar-refractivity contribution in [2.45, 2.75) is 44.6 Å². The summed E-state index contributed by atoms with van der Waals surface area (Å²) in [6.45, 7) is 2.80. The summed E-state index contributed by atoms with van der Waals surface area (Å²) in [6, 6.07) is 2.51. The van der Waals surface area contributed by atoms with Crippen LogP contribution in [0.5, 0.6) is 0 Å². The van der Waals surface area contributed by atoms with Gasteiger partial charge in [0.2, 0.25) is 11.8 Å². The fourth-order valence-electron chi connectivity index (χ4n) is 2.85. The van der Waals surface area contributed by atoms with Gasteiger partial charge in [-0.15, -0.1) is 0 Å². The van der Waals surface area contributed by atoms with E-state index in [9.17, 15) is 27.9 Å². The van der Waals surface area contributed by atoms with E-state index in [1.807, 2.05) is 5.32 Å². The minimum atomic E-state index is -4.68. The number of alkyl halides is 3. The quantitative estimate of drug-likeness (QED) is 0.877. The van der Waals surface area contributed by atoms with Gasteiger partial charge in [-0.05, 0) is 12.5 Å². The molecule has 1 aromatic carbocycles. The molecule has 1 aromatic rings. The minimum absolute atomic E-state index is 0.0610. The molecule has 1 fully saturated rings. The van der Waals surface area contributed by atoms with Crippen molar-refractivity contribution in [2.75, 3.05) is 6.54 Å². The number of aliphatic hydroxyl groups is 1. The maximum atomic E-state index is 13.4. The van der Waals surface area contributed by atoms with Crippen molar-refractivity contribution in [3.63, 3.8) is 0 Å². The van der Waals surface area contributed by atoms with E-state index in [1.54, 1.807) is 13.0 Å². The molecule has 8 heteroatoms. The highest BCUT2D eigenvalue weighted by Crippen LogP contribution is 2.33. The highest BCUT2D eigenvalue weighted by Gasteiger charge is 2.45. The van der Waals surface area contributed by atoms with Crippen LogP contribution in [0.2, 0.25) is 0 Å². The number of β-amino-alcohol motifs (C(OH)–C–C–N with tert-alkyl or cyclic N) is 1. The standard InChI is InChI=1S/C16H19F3N2O3/c1-9-4-3-5-11(6-9)14(16(17,18)19)20-15(24)13-7-12(23)8-21(13)10(2)22/h3-6,12-14,23H,7-8H2,1-2H3,(H,20,24)/t12-,13-,14-/m1/s1. The highest BCUT2D eigenvalue weighted by molar-refractivity contribution is 5.88. The number of aliphatic hydroxyl groups excluding tert-OH is 1. The number of carbonyl (C=O) groups is 2. The Morgan fingerprint density at radius 3 is 2.58 bits per heavy atom. The SMILES string of the molecule is CC(=O)N1C[C@H](O)C[C@@H]1C(=O)N[C@H](c1cccc(C)c1)C(F)(F)F. The van der Waals surface area contributed by atoms with Crippen molar-refractivity contribution >= 4 is 11.8 Å². The van der Waals surface area contributed by atoms with Crippen molar-refractivity contribution in [1.29, 1.82) is 0 Å². The van der Waals surface area contributed by atoms with Gasteiger partial charge in [-0.25, -0.2) is 0 Å². The fraction of sp³-hybridized carbons (Fsp3) is 0.500. The van der Waals surface area contributed by atoms with Crippen LogP contribution in [0.15, 0.2) is 24.3 Å². The van der Waals surface area contributed by atoms with Crippen LogP contribution in [0.4, 0.5) is 13.2 Å². The van der Waals surface area contributed by atoms with Gasteiger partial charge >= 0.3 is 6.18 Å². The molecular formula is C16H19F3N2O3. The van der Waals surface area contributed by atoms with E-state index in [0.29, 0.717) is 5.56 Å². The van der Waals surface area contributed by atoms with E-state index < -0.39 is 36.2 Å². The van der Waals surface area contributed by atoms with Crippen molar-refractivity contribution in [2.24, 2.45) is 0 Å². The molecule has 0 radical (unpaired) electrons. The Hall–Kier alpha value is -2.09. The normalized spacial score (nSPS) is 22.3. The van der Waals surface area contributed by atoms with Crippen LogP contribution in [-0.4, -0.2) is 46.7 Å². The number of likely N-dealkylation sites (tertiary alicyclic amines) is 1. The summed E-state index contributed by atoms with van der Waals surface area (Å²) in [4.78, 5) is 24.9. The fourth-order valence-corrected chi connectivity index (χ4v) is 2.85. The summed E-state index contributed by atoms with van der Waals surface area (Å²) in [5.41, 5.74) is 0.557. The number of nitrogens with zero attached hydrogens (tertiary/aromatic N) is 1. The third-order valence-corrected chi connectivity index (χ3v) is 3.98. The predicted molar refractivity (Wildman–Crippen MR) is 79.9 cm³/mol. The van der Waals surface area contributed by atoms with Gasteiger partial charge in [0.1, 0.15) is 6.04 Å². The van der Waals surface area contributed by atoms with E-state index in [1.165, 1.54) is 25.1 Å². The second-order valence-electron chi connectivity index (χ2n) is 5.97. The lowest BCUT2D eigenvalue weighted by Gasteiger charge is -2.27. The maximum Gasteiger partial charge on any atom is 0.412 e. The largest absolute Gasteiger partial charge is 0.412 e. The molecular weight excluding hydrogens is 325 g/mol. The lowest BCUT2D eigenvalue weighted by atomic mass is 10.0. The zero-order valence-corrected chi connectivity index (χ0v) is 13.3. The molecule has 1 aliphatic heterocycles. The molecule has 24 heavy (non-hydrogen) atoms. The smallest absolute Gasteiger partial charge is 0.391 e. The molecule has 0 spiro atoms. The Morgan fingerprint density at radius 1 is 1.38 bits per heavy atom. The number of amides is 2. The summed E-state index contributed by atoms with van der Waals surface area (Å²) in [5, 5.41) is 11.6. The molecule has 1 heterocycles. The first-order chi connectivity index (χ1) is 11.1. The average molecular weight is 344 g/mol. The third-order valence-electron chi connectivity index (χ3n) is 3.98. The number of rotatable bonds is 3. The molecule has 1 aliphatic rings. The Morgan fingerprint density at radius 2 is 2.04 bits per heavy atom.